The van der Waals surface area contributed by atoms with Crippen LogP contribution in [-0.4, -0.2) is 18.9 Å². The van der Waals surface area contributed by atoms with E-state index in [1.165, 1.54) is 27.2 Å². The number of Topliss-reactive ketones (excluding diaryl/α,β-unsaturated/α-hetero) is 1. The summed E-state index contributed by atoms with van der Waals surface area (Å²) in [6, 6.07) is 19.2. The van der Waals surface area contributed by atoms with Crippen LogP contribution in [0, 0.1) is 0 Å². The van der Waals surface area contributed by atoms with E-state index < -0.39 is 0 Å². The summed E-state index contributed by atoms with van der Waals surface area (Å²) in [4.78, 5) is 13.7. The predicted octanol–water partition coefficient (Wildman–Crippen LogP) is 3.77. The molecule has 3 aromatic rings. The molecule has 0 aliphatic carbocycles. The molecule has 0 atom stereocenters. The van der Waals surface area contributed by atoms with E-state index in [0.717, 1.165) is 6.54 Å². The van der Waals surface area contributed by atoms with E-state index >= 15 is 0 Å². The van der Waals surface area contributed by atoms with Crippen molar-refractivity contribution in [1.82, 2.24) is 0 Å². The van der Waals surface area contributed by atoms with Crippen LogP contribution in [0.3, 0.4) is 0 Å². The van der Waals surface area contributed by atoms with Gasteiger partial charge in [0.25, 0.3) is 0 Å². The summed E-state index contributed by atoms with van der Waals surface area (Å²) in [5.41, 5.74) is 1.18. The van der Waals surface area contributed by atoms with Crippen molar-refractivity contribution < 1.29 is 4.79 Å². The van der Waals surface area contributed by atoms with Crippen molar-refractivity contribution in [2.75, 3.05) is 18.0 Å². The largest absolute Gasteiger partial charge is 0.363 e. The first-order chi connectivity index (χ1) is 9.81. The average Bonchev–Trinajstić information content (AvgIpc) is 2.91. The fourth-order valence-corrected chi connectivity index (χ4v) is 3.06. The Morgan fingerprint density at radius 3 is 2.35 bits per heavy atom. The molecule has 1 aliphatic rings. The van der Waals surface area contributed by atoms with Gasteiger partial charge in [0.2, 0.25) is 0 Å². The van der Waals surface area contributed by atoms with Gasteiger partial charge in [-0.1, -0.05) is 36.4 Å². The Bertz CT molecular complexity index is 822. The van der Waals surface area contributed by atoms with Crippen LogP contribution in [0.1, 0.15) is 6.42 Å². The molecule has 3 aromatic carbocycles. The average molecular weight is 261 g/mol. The van der Waals surface area contributed by atoms with Gasteiger partial charge in [0, 0.05) is 24.0 Å². The minimum Gasteiger partial charge on any atom is -0.363 e. The summed E-state index contributed by atoms with van der Waals surface area (Å²) in [5, 5.41) is 4.98. The minimum absolute atomic E-state index is 0.336. The molecule has 0 N–H and O–H groups in total. The van der Waals surface area contributed by atoms with Crippen molar-refractivity contribution in [1.29, 1.82) is 0 Å². The number of fused-ring (bicyclic) bond motifs is 2. The normalized spacial score (nSPS) is 15.4. The van der Waals surface area contributed by atoms with Gasteiger partial charge >= 0.3 is 0 Å². The van der Waals surface area contributed by atoms with Crippen LogP contribution in [0.15, 0.2) is 54.6 Å². The summed E-state index contributed by atoms with van der Waals surface area (Å²) in [5.74, 6) is 0.336. The van der Waals surface area contributed by atoms with Gasteiger partial charge in [0.05, 0.1) is 6.54 Å². The van der Waals surface area contributed by atoms with Crippen LogP contribution in [0.25, 0.3) is 21.5 Å². The Balaban J connectivity index is 1.96. The summed E-state index contributed by atoms with van der Waals surface area (Å²) >= 11 is 0. The van der Waals surface area contributed by atoms with Crippen LogP contribution in [-0.2, 0) is 4.79 Å². The quantitative estimate of drug-likeness (QED) is 0.621. The van der Waals surface area contributed by atoms with E-state index in [-0.39, 0.29) is 0 Å². The lowest BCUT2D eigenvalue weighted by atomic mass is 10.0. The number of hydrogen-bond donors (Lipinski definition) is 0. The van der Waals surface area contributed by atoms with Gasteiger partial charge in [0.1, 0.15) is 0 Å². The van der Waals surface area contributed by atoms with Crippen molar-refractivity contribution in [3.05, 3.63) is 54.6 Å². The molecule has 1 saturated heterocycles. The van der Waals surface area contributed by atoms with Gasteiger partial charge in [-0.2, -0.15) is 0 Å². The Morgan fingerprint density at radius 1 is 0.850 bits per heavy atom. The second-order valence-electron chi connectivity index (χ2n) is 5.41. The molecule has 0 spiro atoms. The molecule has 0 bridgehead atoms. The topological polar surface area (TPSA) is 20.3 Å². The van der Waals surface area contributed by atoms with Gasteiger partial charge in [-0.3, -0.25) is 4.79 Å². The van der Waals surface area contributed by atoms with Crippen molar-refractivity contribution >= 4 is 33.0 Å². The zero-order chi connectivity index (χ0) is 13.5. The molecule has 0 aromatic heterocycles. The second-order valence-corrected chi connectivity index (χ2v) is 5.41. The number of ketones is 1. The molecule has 0 unspecified atom stereocenters. The number of benzene rings is 3. The molecule has 2 heteroatoms. The monoisotopic (exact) mass is 261 g/mol. The molecule has 2 nitrogen and oxygen atoms in total. The first-order valence-electron chi connectivity index (χ1n) is 6.99. The zero-order valence-corrected chi connectivity index (χ0v) is 11.2. The zero-order valence-electron chi connectivity index (χ0n) is 11.2. The first-order valence-corrected chi connectivity index (χ1v) is 6.99. The Labute approximate surface area is 117 Å². The van der Waals surface area contributed by atoms with Gasteiger partial charge in [-0.25, -0.2) is 0 Å². The fraction of sp³-hybridized carbons (Fsp3) is 0.167. The number of rotatable bonds is 1. The number of anilines is 1. The lowest BCUT2D eigenvalue weighted by molar-refractivity contribution is -0.116. The number of hydrogen-bond acceptors (Lipinski definition) is 2. The molecular weight excluding hydrogens is 246 g/mol. The number of carbonyl (C=O) groups excluding carboxylic acids is 1. The number of carbonyl (C=O) groups is 1. The molecule has 4 rings (SSSR count). The van der Waals surface area contributed by atoms with Gasteiger partial charge in [0.15, 0.2) is 5.78 Å². The van der Waals surface area contributed by atoms with Crippen LogP contribution in [0.4, 0.5) is 5.69 Å². The highest BCUT2D eigenvalue weighted by molar-refractivity contribution is 6.05. The summed E-state index contributed by atoms with van der Waals surface area (Å²) < 4.78 is 0. The summed E-state index contributed by atoms with van der Waals surface area (Å²) in [6.45, 7) is 1.39. The molecule has 1 heterocycles. The smallest absolute Gasteiger partial charge is 0.153 e. The lowest BCUT2D eigenvalue weighted by Gasteiger charge is -2.19. The molecule has 0 amide bonds. The van der Waals surface area contributed by atoms with E-state index in [0.29, 0.717) is 18.7 Å². The van der Waals surface area contributed by atoms with Crippen molar-refractivity contribution in [3.63, 3.8) is 0 Å². The molecule has 0 radical (unpaired) electrons. The Hall–Kier alpha value is -2.35. The van der Waals surface area contributed by atoms with E-state index in [1.807, 2.05) is 0 Å². The van der Waals surface area contributed by atoms with E-state index in [9.17, 15) is 4.79 Å². The third-order valence-corrected chi connectivity index (χ3v) is 4.09. The third-order valence-electron chi connectivity index (χ3n) is 4.09. The van der Waals surface area contributed by atoms with E-state index in [1.54, 1.807) is 0 Å². The molecule has 0 saturated carbocycles. The third kappa shape index (κ3) is 1.76. The lowest BCUT2D eigenvalue weighted by Crippen LogP contribution is -2.19. The van der Waals surface area contributed by atoms with E-state index in [4.69, 9.17) is 0 Å². The summed E-state index contributed by atoms with van der Waals surface area (Å²) in [7, 11) is 0. The minimum atomic E-state index is 0.336. The molecule has 98 valence electrons. The highest BCUT2D eigenvalue weighted by Gasteiger charge is 2.20. The maximum absolute atomic E-state index is 11.5. The van der Waals surface area contributed by atoms with Crippen LogP contribution >= 0.6 is 0 Å². The molecule has 1 fully saturated rings. The van der Waals surface area contributed by atoms with Gasteiger partial charge < -0.3 is 4.90 Å². The Morgan fingerprint density at radius 2 is 1.60 bits per heavy atom. The number of nitrogens with zero attached hydrogens (tertiary/aromatic N) is 1. The molecule has 20 heavy (non-hydrogen) atoms. The van der Waals surface area contributed by atoms with Crippen molar-refractivity contribution in [2.45, 2.75) is 6.42 Å². The van der Waals surface area contributed by atoms with Gasteiger partial charge in [-0.05, 0) is 34.4 Å². The predicted molar refractivity (Wildman–Crippen MR) is 83.3 cm³/mol. The highest BCUT2D eigenvalue weighted by atomic mass is 16.1. The Kier molecular flexibility index (Phi) is 2.49. The molecule has 1 aliphatic heterocycles. The van der Waals surface area contributed by atoms with Gasteiger partial charge in [-0.15, -0.1) is 0 Å². The maximum Gasteiger partial charge on any atom is 0.153 e. The van der Waals surface area contributed by atoms with E-state index in [2.05, 4.69) is 59.5 Å². The second kappa shape index (κ2) is 4.34. The summed E-state index contributed by atoms with van der Waals surface area (Å²) in [6.07, 6.45) is 0.671. The molecular formula is C18H15NO. The van der Waals surface area contributed by atoms with Crippen LogP contribution in [0.5, 0.6) is 0 Å². The highest BCUT2D eigenvalue weighted by Crippen LogP contribution is 2.31. The first kappa shape index (κ1) is 11.5. The van der Waals surface area contributed by atoms with Crippen molar-refractivity contribution in [3.8, 4) is 0 Å². The maximum atomic E-state index is 11.5. The standard InChI is InChI=1S/C18H15NO/c20-16-8-9-19(12-16)18-7-3-6-15-10-13-4-1-2-5-14(13)11-17(15)18/h1-7,10-11H,8-9,12H2. The fourth-order valence-electron chi connectivity index (χ4n) is 3.06. The SMILES string of the molecule is O=C1CCN(c2cccc3cc4ccccc4cc23)C1. The van der Waals surface area contributed by atoms with Crippen LogP contribution < -0.4 is 4.90 Å². The van der Waals surface area contributed by atoms with Crippen LogP contribution in [0.2, 0.25) is 0 Å². The van der Waals surface area contributed by atoms with Crippen molar-refractivity contribution in [2.24, 2.45) is 0 Å².